The average Bonchev–Trinajstić information content (AvgIpc) is 2.22. The summed E-state index contributed by atoms with van der Waals surface area (Å²) in [4.78, 5) is 21.3. The molecule has 0 amide bonds. The number of phenols is 1. The van der Waals surface area contributed by atoms with E-state index in [1.165, 1.54) is 19.2 Å². The summed E-state index contributed by atoms with van der Waals surface area (Å²) in [6, 6.07) is 2.68. The highest BCUT2D eigenvalue weighted by Gasteiger charge is 2.15. The van der Waals surface area contributed by atoms with Crippen LogP contribution >= 0.6 is 11.6 Å². The van der Waals surface area contributed by atoms with E-state index in [-0.39, 0.29) is 22.9 Å². The predicted octanol–water partition coefficient (Wildman–Crippen LogP) is 1.25. The molecule has 0 bridgehead atoms. The van der Waals surface area contributed by atoms with Gasteiger partial charge in [-0.3, -0.25) is 4.79 Å². The zero-order chi connectivity index (χ0) is 12.3. The van der Waals surface area contributed by atoms with Crippen LogP contribution in [-0.2, 0) is 16.0 Å². The number of carboxylic acid groups (broad SMARTS) is 1. The van der Waals surface area contributed by atoms with Crippen LogP contribution in [0.2, 0.25) is 5.02 Å². The Morgan fingerprint density at radius 1 is 1.44 bits per heavy atom. The number of carbonyl (C=O) groups is 2. The molecule has 86 valence electrons. The summed E-state index contributed by atoms with van der Waals surface area (Å²) in [5.41, 5.74) is 0.368. The monoisotopic (exact) mass is 244 g/mol. The lowest BCUT2D eigenvalue weighted by Crippen LogP contribution is -2.15. The van der Waals surface area contributed by atoms with Crippen molar-refractivity contribution >= 4 is 23.4 Å². The van der Waals surface area contributed by atoms with Crippen LogP contribution in [0.15, 0.2) is 12.1 Å². The van der Waals surface area contributed by atoms with Crippen molar-refractivity contribution < 1.29 is 24.5 Å². The minimum atomic E-state index is -1.51. The van der Waals surface area contributed by atoms with Gasteiger partial charge in [-0.25, -0.2) is 4.79 Å². The molecule has 6 heteroatoms. The molecule has 0 saturated carbocycles. The Hall–Kier alpha value is -1.75. The summed E-state index contributed by atoms with van der Waals surface area (Å²) in [5.74, 6) is -2.61. The fourth-order valence-corrected chi connectivity index (χ4v) is 1.38. The van der Waals surface area contributed by atoms with Gasteiger partial charge in [-0.2, -0.15) is 0 Å². The van der Waals surface area contributed by atoms with Crippen molar-refractivity contribution in [3.63, 3.8) is 0 Å². The lowest BCUT2D eigenvalue weighted by Gasteiger charge is -2.07. The van der Waals surface area contributed by atoms with Gasteiger partial charge >= 0.3 is 5.97 Å². The number of Topliss-reactive ketones (excluding diaryl/α,β-unsaturated/α-hetero) is 1. The number of hydrogen-bond donors (Lipinski definition) is 2. The second-order valence-corrected chi connectivity index (χ2v) is 3.44. The first-order valence-electron chi connectivity index (χ1n) is 4.27. The van der Waals surface area contributed by atoms with Gasteiger partial charge in [0.15, 0.2) is 11.5 Å². The van der Waals surface area contributed by atoms with E-state index >= 15 is 0 Å². The second-order valence-electron chi connectivity index (χ2n) is 3.03. The second kappa shape index (κ2) is 4.85. The van der Waals surface area contributed by atoms with Gasteiger partial charge in [-0.1, -0.05) is 11.6 Å². The number of methoxy groups -OCH3 is 1. The maximum atomic E-state index is 11.0. The van der Waals surface area contributed by atoms with Crippen LogP contribution in [0.25, 0.3) is 0 Å². The summed E-state index contributed by atoms with van der Waals surface area (Å²) in [5, 5.41) is 17.8. The normalized spacial score (nSPS) is 9.88. The third-order valence-electron chi connectivity index (χ3n) is 1.91. The standard InChI is InChI=1S/C10H9ClO5/c1-16-8-4-5(2-6(11)9(8)13)3-7(12)10(14)15/h2,4,13H,3H2,1H3,(H,14,15). The minimum absolute atomic E-state index is 0.00698. The van der Waals surface area contributed by atoms with Gasteiger partial charge < -0.3 is 14.9 Å². The molecule has 0 spiro atoms. The van der Waals surface area contributed by atoms with Crippen LogP contribution in [0.4, 0.5) is 0 Å². The molecule has 0 radical (unpaired) electrons. The number of ketones is 1. The van der Waals surface area contributed by atoms with E-state index in [9.17, 15) is 14.7 Å². The molecular formula is C10H9ClO5. The van der Waals surface area contributed by atoms with Gasteiger partial charge in [0, 0.05) is 6.42 Å². The van der Waals surface area contributed by atoms with Crippen LogP contribution in [0.5, 0.6) is 11.5 Å². The predicted molar refractivity (Wildman–Crippen MR) is 56.0 cm³/mol. The summed E-state index contributed by atoms with van der Waals surface area (Å²) in [6.45, 7) is 0. The Balaban J connectivity index is 3.03. The van der Waals surface area contributed by atoms with Gasteiger partial charge in [0.05, 0.1) is 12.1 Å². The molecule has 1 rings (SSSR count). The number of carboxylic acids is 1. The molecule has 0 aliphatic carbocycles. The molecular weight excluding hydrogens is 236 g/mol. The quantitative estimate of drug-likeness (QED) is 0.779. The molecule has 1 aromatic carbocycles. The van der Waals surface area contributed by atoms with Crippen molar-refractivity contribution in [2.75, 3.05) is 7.11 Å². The molecule has 5 nitrogen and oxygen atoms in total. The molecule has 0 atom stereocenters. The van der Waals surface area contributed by atoms with Gasteiger partial charge in [-0.05, 0) is 17.7 Å². The Morgan fingerprint density at radius 3 is 2.56 bits per heavy atom. The maximum absolute atomic E-state index is 11.0. The van der Waals surface area contributed by atoms with E-state index in [1.807, 2.05) is 0 Å². The lowest BCUT2D eigenvalue weighted by atomic mass is 10.1. The van der Waals surface area contributed by atoms with Crippen molar-refractivity contribution in [2.24, 2.45) is 0 Å². The summed E-state index contributed by atoms with van der Waals surface area (Å²) in [6.07, 6.45) is -0.300. The minimum Gasteiger partial charge on any atom is -0.503 e. The van der Waals surface area contributed by atoms with E-state index in [0.717, 1.165) is 0 Å². The van der Waals surface area contributed by atoms with Gasteiger partial charge in [0.25, 0.3) is 0 Å². The third kappa shape index (κ3) is 2.64. The first-order chi connectivity index (χ1) is 7.45. The van der Waals surface area contributed by atoms with Crippen LogP contribution in [0.3, 0.4) is 0 Å². The number of rotatable bonds is 4. The van der Waals surface area contributed by atoms with Crippen LogP contribution < -0.4 is 4.74 Å². The molecule has 0 aliphatic heterocycles. The number of ether oxygens (including phenoxy) is 1. The highest BCUT2D eigenvalue weighted by molar-refractivity contribution is 6.34. The van der Waals surface area contributed by atoms with Gasteiger partial charge in [-0.15, -0.1) is 0 Å². The number of halogens is 1. The van der Waals surface area contributed by atoms with E-state index < -0.39 is 11.8 Å². The van der Waals surface area contributed by atoms with E-state index in [0.29, 0.717) is 5.56 Å². The largest absolute Gasteiger partial charge is 0.503 e. The Kier molecular flexibility index (Phi) is 3.73. The maximum Gasteiger partial charge on any atom is 0.372 e. The highest BCUT2D eigenvalue weighted by Crippen LogP contribution is 2.34. The smallest absolute Gasteiger partial charge is 0.372 e. The van der Waals surface area contributed by atoms with E-state index in [4.69, 9.17) is 21.4 Å². The van der Waals surface area contributed by atoms with Crippen LogP contribution in [0.1, 0.15) is 5.56 Å². The fourth-order valence-electron chi connectivity index (χ4n) is 1.15. The van der Waals surface area contributed by atoms with Crippen molar-refractivity contribution in [1.82, 2.24) is 0 Å². The molecule has 0 saturated heterocycles. The van der Waals surface area contributed by atoms with Crippen LogP contribution in [0, 0.1) is 0 Å². The third-order valence-corrected chi connectivity index (χ3v) is 2.20. The molecule has 0 aromatic heterocycles. The van der Waals surface area contributed by atoms with Gasteiger partial charge in [0.1, 0.15) is 0 Å². The Morgan fingerprint density at radius 2 is 2.06 bits per heavy atom. The summed E-state index contributed by atoms with van der Waals surface area (Å²) < 4.78 is 4.82. The first kappa shape index (κ1) is 12.3. The number of benzene rings is 1. The zero-order valence-corrected chi connectivity index (χ0v) is 9.11. The molecule has 0 aliphatic rings. The Bertz CT molecular complexity index is 441. The Labute approximate surface area is 96.2 Å². The number of phenolic OH excluding ortho intramolecular Hbond substituents is 1. The number of carbonyl (C=O) groups excluding carboxylic acids is 1. The summed E-state index contributed by atoms with van der Waals surface area (Å²) in [7, 11) is 1.33. The van der Waals surface area contributed by atoms with Crippen molar-refractivity contribution in [1.29, 1.82) is 0 Å². The zero-order valence-electron chi connectivity index (χ0n) is 8.36. The summed E-state index contributed by atoms with van der Waals surface area (Å²) >= 11 is 5.67. The van der Waals surface area contributed by atoms with Gasteiger partial charge in [0.2, 0.25) is 5.78 Å². The first-order valence-corrected chi connectivity index (χ1v) is 4.65. The SMILES string of the molecule is COc1cc(CC(=O)C(=O)O)cc(Cl)c1O. The van der Waals surface area contributed by atoms with Crippen molar-refractivity contribution in [2.45, 2.75) is 6.42 Å². The molecule has 0 heterocycles. The molecule has 2 N–H and O–H groups in total. The average molecular weight is 245 g/mol. The highest BCUT2D eigenvalue weighted by atomic mass is 35.5. The van der Waals surface area contributed by atoms with Crippen LogP contribution in [-0.4, -0.2) is 29.1 Å². The topological polar surface area (TPSA) is 83.8 Å². The number of aromatic hydroxyl groups is 1. The molecule has 0 fully saturated rings. The van der Waals surface area contributed by atoms with E-state index in [1.54, 1.807) is 0 Å². The molecule has 16 heavy (non-hydrogen) atoms. The fraction of sp³-hybridized carbons (Fsp3) is 0.200. The van der Waals surface area contributed by atoms with Crippen molar-refractivity contribution in [3.8, 4) is 11.5 Å². The molecule has 0 unspecified atom stereocenters. The number of aliphatic carboxylic acids is 1. The molecule has 1 aromatic rings. The van der Waals surface area contributed by atoms with Crippen molar-refractivity contribution in [3.05, 3.63) is 22.7 Å². The van der Waals surface area contributed by atoms with E-state index in [2.05, 4.69) is 0 Å². The lowest BCUT2D eigenvalue weighted by molar-refractivity contribution is -0.148. The number of hydrogen-bond acceptors (Lipinski definition) is 4.